The first kappa shape index (κ1) is 33.9. The lowest BCUT2D eigenvalue weighted by Gasteiger charge is -2.25. The van der Waals surface area contributed by atoms with Gasteiger partial charge in [-0.2, -0.15) is 0 Å². The van der Waals surface area contributed by atoms with Gasteiger partial charge < -0.3 is 23.7 Å². The fourth-order valence-electron chi connectivity index (χ4n) is 5.33. The van der Waals surface area contributed by atoms with Crippen LogP contribution in [-0.4, -0.2) is 42.4 Å². The third kappa shape index (κ3) is 6.95. The summed E-state index contributed by atoms with van der Waals surface area (Å²) in [6.45, 7) is 8.15. The lowest BCUT2D eigenvalue weighted by Crippen LogP contribution is -2.40. The molecule has 0 aliphatic carbocycles. The summed E-state index contributed by atoms with van der Waals surface area (Å²) in [5.41, 5.74) is 1.37. The van der Waals surface area contributed by atoms with Crippen LogP contribution < -0.4 is 33.8 Å². The fraction of sp³-hybridized carbons (Fsp3) is 0.286. The molecule has 13 heteroatoms. The summed E-state index contributed by atoms with van der Waals surface area (Å²) in [6, 6.07) is 16.4. The number of allylic oxidation sites excluding steroid dienone is 1. The zero-order chi connectivity index (χ0) is 34.4. The first-order chi connectivity index (χ1) is 23.2. The largest absolute Gasteiger partial charge is 0.493 e. The molecule has 3 aromatic carbocycles. The van der Waals surface area contributed by atoms with Gasteiger partial charge in [-0.05, 0) is 63.1 Å². The van der Waals surface area contributed by atoms with Crippen molar-refractivity contribution in [1.82, 2.24) is 4.57 Å². The molecule has 4 aromatic rings. The summed E-state index contributed by atoms with van der Waals surface area (Å²) in [6.07, 6.45) is 1.43. The van der Waals surface area contributed by atoms with E-state index in [-0.39, 0.29) is 46.1 Å². The average molecular weight is 674 g/mol. The maximum absolute atomic E-state index is 14.2. The second-order valence-corrected chi connectivity index (χ2v) is 11.5. The van der Waals surface area contributed by atoms with Crippen LogP contribution in [0.4, 0.5) is 5.69 Å². The fourth-order valence-corrected chi connectivity index (χ4v) is 6.37. The smallest absolute Gasteiger partial charge is 0.338 e. The van der Waals surface area contributed by atoms with Crippen molar-refractivity contribution in [2.75, 3.05) is 26.9 Å². The normalized spacial score (nSPS) is 14.2. The molecule has 0 radical (unpaired) electrons. The number of nitro benzene ring substituents is 1. The molecule has 0 saturated heterocycles. The van der Waals surface area contributed by atoms with Crippen LogP contribution in [0.3, 0.4) is 0 Å². The van der Waals surface area contributed by atoms with Crippen molar-refractivity contribution in [3.8, 4) is 23.0 Å². The first-order valence-corrected chi connectivity index (χ1v) is 16.1. The predicted octanol–water partition coefficient (Wildman–Crippen LogP) is 5.09. The average Bonchev–Trinajstić information content (AvgIpc) is 3.38. The van der Waals surface area contributed by atoms with Gasteiger partial charge in [0.2, 0.25) is 0 Å². The lowest BCUT2D eigenvalue weighted by molar-refractivity contribution is -0.385. The maximum Gasteiger partial charge on any atom is 0.338 e. The Bertz CT molecular complexity index is 2050. The molecule has 0 amide bonds. The second kappa shape index (κ2) is 15.0. The molecule has 1 atom stereocenters. The zero-order valence-electron chi connectivity index (χ0n) is 27.2. The van der Waals surface area contributed by atoms with Gasteiger partial charge in [0.25, 0.3) is 11.2 Å². The van der Waals surface area contributed by atoms with Crippen LogP contribution in [0.2, 0.25) is 0 Å². The van der Waals surface area contributed by atoms with E-state index in [4.69, 9.17) is 23.7 Å². The number of ether oxygens (including phenoxy) is 5. The SMILES string of the molecule is CCOC(=O)C1=C(C)N=c2s/c(=C\c3cc(OC)c(OCc4ccccc4)cc3[N+](=O)[O-])c(=O)n2[C@@H]1c1ccc(OCC)c(OCC)c1. The van der Waals surface area contributed by atoms with E-state index >= 15 is 0 Å². The molecule has 0 fully saturated rings. The Morgan fingerprint density at radius 1 is 0.958 bits per heavy atom. The van der Waals surface area contributed by atoms with Gasteiger partial charge in [0, 0.05) is 0 Å². The number of esters is 1. The number of hydrogen-bond acceptors (Lipinski definition) is 11. The molecule has 1 aliphatic heterocycles. The number of nitrogens with zero attached hydrogens (tertiary/aromatic N) is 3. The van der Waals surface area contributed by atoms with Gasteiger partial charge in [-0.1, -0.05) is 47.7 Å². The number of methoxy groups -OCH3 is 1. The molecule has 0 bridgehead atoms. The number of nitro groups is 1. The van der Waals surface area contributed by atoms with E-state index in [1.54, 1.807) is 32.0 Å². The van der Waals surface area contributed by atoms with Crippen molar-refractivity contribution in [1.29, 1.82) is 0 Å². The number of thiazole rings is 1. The van der Waals surface area contributed by atoms with E-state index in [2.05, 4.69) is 4.99 Å². The third-order valence-corrected chi connectivity index (χ3v) is 8.42. The summed E-state index contributed by atoms with van der Waals surface area (Å²) >= 11 is 1.05. The number of carbonyl (C=O) groups excluding carboxylic acids is 1. The van der Waals surface area contributed by atoms with E-state index in [9.17, 15) is 19.7 Å². The Balaban J connectivity index is 1.66. The Labute approximate surface area is 280 Å². The summed E-state index contributed by atoms with van der Waals surface area (Å²) in [7, 11) is 1.43. The molecule has 5 rings (SSSR count). The van der Waals surface area contributed by atoms with Crippen molar-refractivity contribution >= 4 is 29.1 Å². The van der Waals surface area contributed by atoms with Crippen molar-refractivity contribution in [3.63, 3.8) is 0 Å². The summed E-state index contributed by atoms with van der Waals surface area (Å²) in [5.74, 6) is 0.797. The minimum absolute atomic E-state index is 0.122. The quantitative estimate of drug-likeness (QED) is 0.108. The Morgan fingerprint density at radius 2 is 1.67 bits per heavy atom. The second-order valence-electron chi connectivity index (χ2n) is 10.5. The Morgan fingerprint density at radius 3 is 2.33 bits per heavy atom. The number of fused-ring (bicyclic) bond motifs is 1. The molecule has 12 nitrogen and oxygen atoms in total. The number of benzene rings is 3. The van der Waals surface area contributed by atoms with Crippen LogP contribution in [-0.2, 0) is 16.1 Å². The highest BCUT2D eigenvalue weighted by atomic mass is 32.1. The molecule has 250 valence electrons. The number of carbonyl (C=O) groups is 1. The van der Waals surface area contributed by atoms with Crippen LogP contribution in [0.25, 0.3) is 6.08 Å². The van der Waals surface area contributed by atoms with Crippen molar-refractivity contribution in [2.24, 2.45) is 4.99 Å². The third-order valence-electron chi connectivity index (χ3n) is 7.43. The Hall–Kier alpha value is -5.43. The highest BCUT2D eigenvalue weighted by molar-refractivity contribution is 7.07. The maximum atomic E-state index is 14.2. The molecule has 1 aliphatic rings. The molecule has 48 heavy (non-hydrogen) atoms. The summed E-state index contributed by atoms with van der Waals surface area (Å²) in [5, 5.41) is 12.2. The van der Waals surface area contributed by atoms with Crippen molar-refractivity contribution in [3.05, 3.63) is 118 Å². The monoisotopic (exact) mass is 673 g/mol. The van der Waals surface area contributed by atoms with E-state index in [1.165, 1.54) is 29.9 Å². The molecule has 1 aromatic heterocycles. The summed E-state index contributed by atoms with van der Waals surface area (Å²) < 4.78 is 30.0. The highest BCUT2D eigenvalue weighted by Gasteiger charge is 2.34. The molecule has 0 unspecified atom stereocenters. The minimum Gasteiger partial charge on any atom is -0.493 e. The van der Waals surface area contributed by atoms with Gasteiger partial charge in [0.1, 0.15) is 6.61 Å². The van der Waals surface area contributed by atoms with Gasteiger partial charge in [-0.25, -0.2) is 9.79 Å². The molecular weight excluding hydrogens is 638 g/mol. The van der Waals surface area contributed by atoms with E-state index in [0.29, 0.717) is 40.8 Å². The van der Waals surface area contributed by atoms with Crippen LogP contribution in [0.15, 0.2) is 81.7 Å². The van der Waals surface area contributed by atoms with E-state index in [1.807, 2.05) is 44.2 Å². The van der Waals surface area contributed by atoms with E-state index < -0.39 is 22.5 Å². The molecule has 0 N–H and O–H groups in total. The predicted molar refractivity (Wildman–Crippen MR) is 180 cm³/mol. The highest BCUT2D eigenvalue weighted by Crippen LogP contribution is 2.37. The number of aromatic nitrogens is 1. The van der Waals surface area contributed by atoms with Gasteiger partial charge in [-0.15, -0.1) is 0 Å². The van der Waals surface area contributed by atoms with Gasteiger partial charge in [0.05, 0.1) is 65.3 Å². The molecule has 2 heterocycles. The van der Waals surface area contributed by atoms with Crippen molar-refractivity contribution in [2.45, 2.75) is 40.3 Å². The topological polar surface area (TPSA) is 141 Å². The number of hydrogen-bond donors (Lipinski definition) is 0. The standard InChI is InChI=1S/C35H35N3O9S/c1-6-44-26-15-14-23(16-28(26)45-7-2)32-31(34(40)46-8-3)21(4)36-35-37(32)33(39)30(48-35)18-24-17-27(43-5)29(19-25(24)38(41)42)47-20-22-12-10-9-11-13-22/h9-19,32H,6-8,20H2,1-5H3/b30-18-/t32-/m1/s1. The van der Waals surface area contributed by atoms with Gasteiger partial charge in [0.15, 0.2) is 27.8 Å². The van der Waals surface area contributed by atoms with Crippen LogP contribution in [0.1, 0.15) is 50.4 Å². The van der Waals surface area contributed by atoms with Crippen molar-refractivity contribution < 1.29 is 33.4 Å². The van der Waals surface area contributed by atoms with E-state index in [0.717, 1.165) is 16.9 Å². The van der Waals surface area contributed by atoms with Crippen LogP contribution in [0.5, 0.6) is 23.0 Å². The number of rotatable bonds is 13. The van der Waals surface area contributed by atoms with Gasteiger partial charge >= 0.3 is 5.97 Å². The van der Waals surface area contributed by atoms with Crippen LogP contribution in [0, 0.1) is 10.1 Å². The zero-order valence-corrected chi connectivity index (χ0v) is 28.0. The summed E-state index contributed by atoms with van der Waals surface area (Å²) in [4.78, 5) is 44.2. The van der Waals surface area contributed by atoms with Crippen LogP contribution >= 0.6 is 11.3 Å². The Kier molecular flexibility index (Phi) is 10.6. The minimum atomic E-state index is -0.921. The molecular formula is C35H35N3O9S. The molecule has 0 spiro atoms. The first-order valence-electron chi connectivity index (χ1n) is 15.3. The van der Waals surface area contributed by atoms with Gasteiger partial charge in [-0.3, -0.25) is 19.5 Å². The molecule has 0 saturated carbocycles. The lowest BCUT2D eigenvalue weighted by atomic mass is 9.95.